The van der Waals surface area contributed by atoms with Crippen molar-refractivity contribution in [1.29, 1.82) is 0 Å². The predicted octanol–water partition coefficient (Wildman–Crippen LogP) is 3.00. The first-order chi connectivity index (χ1) is 14.2. The van der Waals surface area contributed by atoms with Gasteiger partial charge in [0.15, 0.2) is 11.5 Å². The molecule has 0 bridgehead atoms. The first kappa shape index (κ1) is 20.9. The minimum atomic E-state index is -0.810. The summed E-state index contributed by atoms with van der Waals surface area (Å²) in [6.07, 6.45) is 1.32. The summed E-state index contributed by atoms with van der Waals surface area (Å²) in [5.41, 5.74) is 3.04. The normalized spacial score (nSPS) is 15.4. The molecule has 2 N–H and O–H groups in total. The number of barbiturate groups is 1. The van der Waals surface area contributed by atoms with E-state index < -0.39 is 17.8 Å². The molecule has 4 amide bonds. The number of aromatic hydroxyl groups is 1. The van der Waals surface area contributed by atoms with Crippen LogP contribution in [-0.4, -0.2) is 37.2 Å². The molecule has 156 valence electrons. The SMILES string of the molecule is COc1cc(/C=C2\C(=O)NC(=O)N(c3c(C)cc(C)cc3C)C2=O)cc(OC)c1O. The average molecular weight is 410 g/mol. The Hall–Kier alpha value is -3.81. The van der Waals surface area contributed by atoms with Gasteiger partial charge < -0.3 is 14.6 Å². The number of rotatable bonds is 4. The van der Waals surface area contributed by atoms with Crippen LogP contribution in [0.4, 0.5) is 10.5 Å². The number of ether oxygens (including phenoxy) is 2. The smallest absolute Gasteiger partial charge is 0.335 e. The molecular weight excluding hydrogens is 388 g/mol. The van der Waals surface area contributed by atoms with Crippen molar-refractivity contribution >= 4 is 29.6 Å². The number of aryl methyl sites for hydroxylation is 3. The van der Waals surface area contributed by atoms with E-state index >= 15 is 0 Å². The van der Waals surface area contributed by atoms with Gasteiger partial charge >= 0.3 is 6.03 Å². The molecule has 0 radical (unpaired) electrons. The maximum Gasteiger partial charge on any atom is 0.335 e. The number of nitrogens with one attached hydrogen (secondary N) is 1. The Morgan fingerprint density at radius 2 is 1.47 bits per heavy atom. The Morgan fingerprint density at radius 3 is 1.97 bits per heavy atom. The van der Waals surface area contributed by atoms with E-state index in [2.05, 4.69) is 5.32 Å². The molecule has 0 atom stereocenters. The number of hydrogen-bond donors (Lipinski definition) is 2. The second kappa shape index (κ2) is 7.90. The van der Waals surface area contributed by atoms with E-state index in [0.29, 0.717) is 11.3 Å². The lowest BCUT2D eigenvalue weighted by Gasteiger charge is -2.29. The number of anilines is 1. The third-order valence-electron chi connectivity index (χ3n) is 4.77. The van der Waals surface area contributed by atoms with E-state index in [1.807, 2.05) is 19.1 Å². The van der Waals surface area contributed by atoms with Gasteiger partial charge in [0.1, 0.15) is 5.57 Å². The van der Waals surface area contributed by atoms with Crippen LogP contribution in [-0.2, 0) is 9.59 Å². The first-order valence-electron chi connectivity index (χ1n) is 9.12. The number of urea groups is 1. The number of amides is 4. The van der Waals surface area contributed by atoms with Gasteiger partial charge in [-0.25, -0.2) is 9.69 Å². The Bertz CT molecular complexity index is 1050. The fourth-order valence-electron chi connectivity index (χ4n) is 3.55. The van der Waals surface area contributed by atoms with Crippen LogP contribution in [0.2, 0.25) is 0 Å². The zero-order chi connectivity index (χ0) is 22.2. The van der Waals surface area contributed by atoms with Crippen LogP contribution in [0.15, 0.2) is 29.8 Å². The van der Waals surface area contributed by atoms with Crippen molar-refractivity contribution in [3.8, 4) is 17.2 Å². The summed E-state index contributed by atoms with van der Waals surface area (Å²) in [5, 5.41) is 12.3. The molecule has 8 heteroatoms. The predicted molar refractivity (Wildman–Crippen MR) is 111 cm³/mol. The largest absolute Gasteiger partial charge is 0.502 e. The number of phenolic OH excluding ortho intramolecular Hbond substituents is 1. The molecule has 0 aliphatic carbocycles. The number of imide groups is 2. The number of phenols is 1. The third kappa shape index (κ3) is 3.59. The van der Waals surface area contributed by atoms with Gasteiger partial charge in [0, 0.05) is 0 Å². The topological polar surface area (TPSA) is 105 Å². The highest BCUT2D eigenvalue weighted by molar-refractivity contribution is 6.39. The lowest BCUT2D eigenvalue weighted by molar-refractivity contribution is -0.122. The lowest BCUT2D eigenvalue weighted by Crippen LogP contribution is -2.54. The van der Waals surface area contributed by atoms with Gasteiger partial charge in [0.05, 0.1) is 19.9 Å². The van der Waals surface area contributed by atoms with Crippen LogP contribution >= 0.6 is 0 Å². The summed E-state index contributed by atoms with van der Waals surface area (Å²) in [6, 6.07) is 5.82. The van der Waals surface area contributed by atoms with Crippen molar-refractivity contribution in [1.82, 2.24) is 5.32 Å². The van der Waals surface area contributed by atoms with Gasteiger partial charge in [-0.1, -0.05) is 17.7 Å². The first-order valence-corrected chi connectivity index (χ1v) is 9.12. The molecule has 0 unspecified atom stereocenters. The zero-order valence-electron chi connectivity index (χ0n) is 17.3. The van der Waals surface area contributed by atoms with Crippen LogP contribution < -0.4 is 19.7 Å². The number of hydrogen-bond acceptors (Lipinski definition) is 6. The number of nitrogens with zero attached hydrogens (tertiary/aromatic N) is 1. The Kier molecular flexibility index (Phi) is 5.51. The van der Waals surface area contributed by atoms with E-state index in [1.165, 1.54) is 32.4 Å². The van der Waals surface area contributed by atoms with E-state index in [-0.39, 0.29) is 22.8 Å². The van der Waals surface area contributed by atoms with Crippen molar-refractivity contribution < 1.29 is 29.0 Å². The summed E-state index contributed by atoms with van der Waals surface area (Å²) in [4.78, 5) is 39.1. The number of benzene rings is 2. The van der Waals surface area contributed by atoms with E-state index in [0.717, 1.165) is 21.6 Å². The number of carbonyl (C=O) groups is 3. The Labute approximate surface area is 173 Å². The molecule has 1 fully saturated rings. The molecule has 2 aromatic carbocycles. The molecule has 1 aliphatic rings. The van der Waals surface area contributed by atoms with Crippen LogP contribution in [0.5, 0.6) is 17.2 Å². The number of methoxy groups -OCH3 is 2. The molecule has 1 saturated heterocycles. The molecule has 30 heavy (non-hydrogen) atoms. The minimum Gasteiger partial charge on any atom is -0.502 e. The molecule has 0 aromatic heterocycles. The van der Waals surface area contributed by atoms with Gasteiger partial charge in [-0.05, 0) is 55.7 Å². The molecule has 0 spiro atoms. The summed E-state index contributed by atoms with van der Waals surface area (Å²) in [5.74, 6) is -1.53. The maximum absolute atomic E-state index is 13.2. The molecular formula is C22H22N2O6. The summed E-state index contributed by atoms with van der Waals surface area (Å²) < 4.78 is 10.2. The fourth-order valence-corrected chi connectivity index (χ4v) is 3.55. The van der Waals surface area contributed by atoms with Crippen molar-refractivity contribution in [2.45, 2.75) is 20.8 Å². The molecule has 0 saturated carbocycles. The monoisotopic (exact) mass is 410 g/mol. The minimum absolute atomic E-state index is 0.114. The fraction of sp³-hybridized carbons (Fsp3) is 0.227. The summed E-state index contributed by atoms with van der Waals surface area (Å²) in [7, 11) is 2.74. The standard InChI is InChI=1S/C22H22N2O6/c1-11-6-12(2)18(13(3)7-11)24-21(27)15(20(26)23-22(24)28)8-14-9-16(29-4)19(25)17(10-14)30-5/h6-10,25H,1-5H3,(H,23,26,28)/b15-8+. The molecule has 1 heterocycles. The van der Waals surface area contributed by atoms with Crippen LogP contribution in [0.25, 0.3) is 6.08 Å². The van der Waals surface area contributed by atoms with Gasteiger partial charge in [-0.15, -0.1) is 0 Å². The van der Waals surface area contributed by atoms with E-state index in [4.69, 9.17) is 9.47 Å². The Balaban J connectivity index is 2.12. The van der Waals surface area contributed by atoms with Crippen molar-refractivity contribution in [2.75, 3.05) is 19.1 Å². The molecule has 1 aliphatic heterocycles. The second-order valence-corrected chi connectivity index (χ2v) is 6.98. The highest BCUT2D eigenvalue weighted by Crippen LogP contribution is 2.38. The summed E-state index contributed by atoms with van der Waals surface area (Å²) >= 11 is 0. The van der Waals surface area contributed by atoms with Crippen molar-refractivity contribution in [2.24, 2.45) is 0 Å². The average Bonchev–Trinajstić information content (AvgIpc) is 2.67. The number of carbonyl (C=O) groups excluding carboxylic acids is 3. The lowest BCUT2D eigenvalue weighted by atomic mass is 10.0. The van der Waals surface area contributed by atoms with Crippen LogP contribution in [0, 0.1) is 20.8 Å². The van der Waals surface area contributed by atoms with Gasteiger partial charge in [-0.3, -0.25) is 14.9 Å². The summed E-state index contributed by atoms with van der Waals surface area (Å²) in [6.45, 7) is 5.51. The van der Waals surface area contributed by atoms with E-state index in [9.17, 15) is 19.5 Å². The highest BCUT2D eigenvalue weighted by Gasteiger charge is 2.38. The Morgan fingerprint density at radius 1 is 0.933 bits per heavy atom. The van der Waals surface area contributed by atoms with Crippen LogP contribution in [0.3, 0.4) is 0 Å². The second-order valence-electron chi connectivity index (χ2n) is 6.98. The van der Waals surface area contributed by atoms with Crippen LogP contribution in [0.1, 0.15) is 22.3 Å². The van der Waals surface area contributed by atoms with Gasteiger partial charge in [-0.2, -0.15) is 0 Å². The quantitative estimate of drug-likeness (QED) is 0.593. The third-order valence-corrected chi connectivity index (χ3v) is 4.77. The van der Waals surface area contributed by atoms with Crippen molar-refractivity contribution in [3.63, 3.8) is 0 Å². The molecule has 2 aromatic rings. The highest BCUT2D eigenvalue weighted by atomic mass is 16.5. The van der Waals surface area contributed by atoms with Gasteiger partial charge in [0.25, 0.3) is 11.8 Å². The zero-order valence-corrected chi connectivity index (χ0v) is 17.3. The maximum atomic E-state index is 13.2. The van der Waals surface area contributed by atoms with Crippen molar-refractivity contribution in [3.05, 3.63) is 52.1 Å². The van der Waals surface area contributed by atoms with Gasteiger partial charge in [0.2, 0.25) is 5.75 Å². The molecule has 8 nitrogen and oxygen atoms in total. The molecule has 3 rings (SSSR count). The van der Waals surface area contributed by atoms with E-state index in [1.54, 1.807) is 13.8 Å².